The lowest BCUT2D eigenvalue weighted by molar-refractivity contribution is -0.120. The summed E-state index contributed by atoms with van der Waals surface area (Å²) in [7, 11) is 0. The van der Waals surface area contributed by atoms with Crippen LogP contribution in [0.1, 0.15) is 41.8 Å². The number of ketones is 1. The predicted molar refractivity (Wildman–Crippen MR) is 75.2 cm³/mol. The number of carbonyl (C=O) groups is 2. The summed E-state index contributed by atoms with van der Waals surface area (Å²) < 4.78 is 0. The number of benzene rings is 1. The maximum atomic E-state index is 12.1. The smallest absolute Gasteiger partial charge is 0.227 e. The van der Waals surface area contributed by atoms with Crippen LogP contribution in [-0.4, -0.2) is 24.1 Å². The number of anilines is 1. The molecule has 1 aromatic rings. The van der Waals surface area contributed by atoms with Crippen LogP contribution in [0.2, 0.25) is 0 Å². The van der Waals surface area contributed by atoms with E-state index >= 15 is 0 Å². The van der Waals surface area contributed by atoms with Gasteiger partial charge in [0.2, 0.25) is 5.91 Å². The van der Waals surface area contributed by atoms with Crippen molar-refractivity contribution in [2.75, 3.05) is 17.3 Å². The van der Waals surface area contributed by atoms with Crippen molar-refractivity contribution in [3.8, 4) is 0 Å². The fraction of sp³-hybridized carbons (Fsp3) is 0.467. The van der Waals surface area contributed by atoms with E-state index in [-0.39, 0.29) is 23.0 Å². The molecule has 19 heavy (non-hydrogen) atoms. The summed E-state index contributed by atoms with van der Waals surface area (Å²) in [5.74, 6) is 0.140. The molecule has 2 aliphatic rings. The van der Waals surface area contributed by atoms with Crippen LogP contribution < -0.4 is 4.90 Å². The lowest BCUT2D eigenvalue weighted by atomic mass is 9.76. The topological polar surface area (TPSA) is 37.4 Å². The molecular weight excluding hydrogens is 262 g/mol. The minimum Gasteiger partial charge on any atom is -0.311 e. The van der Waals surface area contributed by atoms with Gasteiger partial charge in [0.15, 0.2) is 5.78 Å². The van der Waals surface area contributed by atoms with Gasteiger partial charge in [0, 0.05) is 23.9 Å². The average molecular weight is 278 g/mol. The van der Waals surface area contributed by atoms with E-state index in [0.29, 0.717) is 12.0 Å². The summed E-state index contributed by atoms with van der Waals surface area (Å²) in [6.45, 7) is 4.85. The first-order valence-electron chi connectivity index (χ1n) is 6.51. The van der Waals surface area contributed by atoms with Crippen molar-refractivity contribution >= 4 is 29.0 Å². The first kappa shape index (κ1) is 12.7. The summed E-state index contributed by atoms with van der Waals surface area (Å²) in [6, 6.07) is 3.83. The van der Waals surface area contributed by atoms with E-state index in [4.69, 9.17) is 11.6 Å². The van der Waals surface area contributed by atoms with Gasteiger partial charge in [-0.3, -0.25) is 9.59 Å². The largest absolute Gasteiger partial charge is 0.311 e. The normalized spacial score (nSPS) is 19.5. The van der Waals surface area contributed by atoms with Crippen molar-refractivity contribution in [1.82, 2.24) is 0 Å². The van der Waals surface area contributed by atoms with Crippen LogP contribution in [-0.2, 0) is 16.6 Å². The minimum absolute atomic E-state index is 0.00129. The molecule has 1 aromatic carbocycles. The fourth-order valence-corrected chi connectivity index (χ4v) is 3.27. The van der Waals surface area contributed by atoms with E-state index in [2.05, 4.69) is 13.8 Å². The Morgan fingerprint density at radius 2 is 2.16 bits per heavy atom. The highest BCUT2D eigenvalue weighted by Crippen LogP contribution is 2.45. The Bertz CT molecular complexity index is 592. The number of halogens is 1. The molecule has 0 aromatic heterocycles. The van der Waals surface area contributed by atoms with Crippen molar-refractivity contribution < 1.29 is 9.59 Å². The van der Waals surface area contributed by atoms with Crippen LogP contribution in [0.25, 0.3) is 0 Å². The fourth-order valence-electron chi connectivity index (χ4n) is 3.12. The molecule has 0 atom stereocenters. The molecule has 100 valence electrons. The number of hydrogen-bond donors (Lipinski definition) is 0. The van der Waals surface area contributed by atoms with Gasteiger partial charge in [-0.05, 0) is 29.7 Å². The van der Waals surface area contributed by atoms with Gasteiger partial charge in [-0.25, -0.2) is 0 Å². The molecule has 4 heteroatoms. The number of hydrogen-bond acceptors (Lipinski definition) is 2. The summed E-state index contributed by atoms with van der Waals surface area (Å²) in [4.78, 5) is 25.9. The number of carbonyl (C=O) groups excluding carboxylic acids is 2. The van der Waals surface area contributed by atoms with E-state index in [0.717, 1.165) is 29.8 Å². The van der Waals surface area contributed by atoms with E-state index in [1.165, 1.54) is 0 Å². The number of nitrogens with zero attached hydrogens (tertiary/aromatic N) is 1. The third-order valence-electron chi connectivity index (χ3n) is 4.13. The Kier molecular flexibility index (Phi) is 2.72. The number of rotatable bonds is 2. The molecule has 0 unspecified atom stereocenters. The van der Waals surface area contributed by atoms with Crippen LogP contribution in [0, 0.1) is 0 Å². The van der Waals surface area contributed by atoms with Gasteiger partial charge >= 0.3 is 0 Å². The van der Waals surface area contributed by atoms with Crippen molar-refractivity contribution in [3.05, 3.63) is 28.8 Å². The van der Waals surface area contributed by atoms with Gasteiger partial charge in [-0.1, -0.05) is 13.8 Å². The monoisotopic (exact) mass is 277 g/mol. The highest BCUT2D eigenvalue weighted by molar-refractivity contribution is 6.30. The second-order valence-corrected chi connectivity index (χ2v) is 6.21. The molecule has 0 saturated carbocycles. The van der Waals surface area contributed by atoms with Crippen LogP contribution >= 0.6 is 11.6 Å². The summed E-state index contributed by atoms with van der Waals surface area (Å²) in [5.41, 5.74) is 3.70. The lowest BCUT2D eigenvalue weighted by Crippen LogP contribution is -2.40. The highest BCUT2D eigenvalue weighted by Gasteiger charge is 2.40. The maximum Gasteiger partial charge on any atom is 0.227 e. The maximum absolute atomic E-state index is 12.1. The zero-order chi connectivity index (χ0) is 13.8. The molecule has 0 aliphatic carbocycles. The molecular formula is C15H16ClNO2. The first-order valence-corrected chi connectivity index (χ1v) is 7.04. The standard InChI is InChI=1S/C15H16ClNO2/c1-15(2)7-13(19)17-4-3-9-5-10(12(18)8-16)6-11(15)14(9)17/h5-6H,3-4,7-8H2,1-2H3. The van der Waals surface area contributed by atoms with Gasteiger partial charge in [0.1, 0.15) is 0 Å². The third kappa shape index (κ3) is 1.79. The van der Waals surface area contributed by atoms with Crippen molar-refractivity contribution in [2.24, 2.45) is 0 Å². The lowest BCUT2D eigenvalue weighted by Gasteiger charge is -2.36. The predicted octanol–water partition coefficient (Wildman–Crippen LogP) is 2.68. The van der Waals surface area contributed by atoms with E-state index < -0.39 is 0 Å². The molecule has 3 nitrogen and oxygen atoms in total. The van der Waals surface area contributed by atoms with Gasteiger partial charge in [-0.2, -0.15) is 0 Å². The van der Waals surface area contributed by atoms with Crippen molar-refractivity contribution in [2.45, 2.75) is 32.1 Å². The van der Waals surface area contributed by atoms with Gasteiger partial charge in [0.05, 0.1) is 11.6 Å². The molecule has 0 radical (unpaired) electrons. The van der Waals surface area contributed by atoms with E-state index in [1.54, 1.807) is 0 Å². The first-order chi connectivity index (χ1) is 8.94. The zero-order valence-corrected chi connectivity index (χ0v) is 11.9. The molecule has 0 spiro atoms. The second-order valence-electron chi connectivity index (χ2n) is 5.94. The molecule has 0 saturated heterocycles. The Hall–Kier alpha value is -1.35. The van der Waals surface area contributed by atoms with Crippen LogP contribution in [0.4, 0.5) is 5.69 Å². The van der Waals surface area contributed by atoms with Gasteiger partial charge in [0.25, 0.3) is 0 Å². The summed E-state index contributed by atoms with van der Waals surface area (Å²) in [5, 5.41) is 0. The molecule has 0 fully saturated rings. The van der Waals surface area contributed by atoms with Crippen LogP contribution in [0.3, 0.4) is 0 Å². The molecule has 0 bridgehead atoms. The number of alkyl halides is 1. The Balaban J connectivity index is 2.23. The molecule has 1 amide bonds. The van der Waals surface area contributed by atoms with Crippen molar-refractivity contribution in [1.29, 1.82) is 0 Å². The molecule has 2 aliphatic heterocycles. The zero-order valence-electron chi connectivity index (χ0n) is 11.1. The molecule has 3 rings (SSSR count). The van der Waals surface area contributed by atoms with E-state index in [1.807, 2.05) is 17.0 Å². The molecule has 0 N–H and O–H groups in total. The summed E-state index contributed by atoms with van der Waals surface area (Å²) in [6.07, 6.45) is 1.32. The number of amides is 1. The van der Waals surface area contributed by atoms with Crippen LogP contribution in [0.5, 0.6) is 0 Å². The third-order valence-corrected chi connectivity index (χ3v) is 4.37. The second kappa shape index (κ2) is 4.07. The summed E-state index contributed by atoms with van der Waals surface area (Å²) >= 11 is 5.66. The van der Waals surface area contributed by atoms with Crippen molar-refractivity contribution in [3.63, 3.8) is 0 Å². The minimum atomic E-state index is -0.218. The van der Waals surface area contributed by atoms with Crippen LogP contribution in [0.15, 0.2) is 12.1 Å². The number of Topliss-reactive ketones (excluding diaryl/α,β-unsaturated/α-hetero) is 1. The Morgan fingerprint density at radius 1 is 1.42 bits per heavy atom. The van der Waals surface area contributed by atoms with Gasteiger partial charge in [-0.15, -0.1) is 11.6 Å². The Morgan fingerprint density at radius 3 is 2.84 bits per heavy atom. The quantitative estimate of drug-likeness (QED) is 0.616. The van der Waals surface area contributed by atoms with E-state index in [9.17, 15) is 9.59 Å². The SMILES string of the molecule is CC1(C)CC(=O)N2CCc3cc(C(=O)CCl)cc1c32. The molecule has 2 heterocycles. The highest BCUT2D eigenvalue weighted by atomic mass is 35.5. The Labute approximate surface area is 117 Å². The average Bonchev–Trinajstić information content (AvgIpc) is 2.78. The van der Waals surface area contributed by atoms with Gasteiger partial charge < -0.3 is 4.90 Å².